The van der Waals surface area contributed by atoms with Crippen LogP contribution in [0, 0.1) is 23.2 Å². The monoisotopic (exact) mass is 236 g/mol. The van der Waals surface area contributed by atoms with Crippen LogP contribution in [0.1, 0.15) is 38.5 Å². The minimum Gasteiger partial charge on any atom is -0.381 e. The van der Waals surface area contributed by atoms with Crippen molar-refractivity contribution < 1.29 is 4.74 Å². The first-order valence-electron chi connectivity index (χ1n) is 6.99. The quantitative estimate of drug-likeness (QED) is 0.755. The second-order valence-corrected chi connectivity index (χ2v) is 5.58. The van der Waals surface area contributed by atoms with Crippen LogP contribution in [0.15, 0.2) is 0 Å². The molecule has 1 heterocycles. The molecule has 3 heteroatoms. The molecule has 0 radical (unpaired) electrons. The fraction of sp³-hybridized carbons (Fsp3) is 0.929. The number of hydrogen-bond acceptors (Lipinski definition) is 3. The molecule has 2 rings (SSSR count). The normalized spacial score (nSPS) is 31.4. The number of rotatable bonds is 3. The summed E-state index contributed by atoms with van der Waals surface area (Å²) in [7, 11) is 2.20. The van der Waals surface area contributed by atoms with Crippen molar-refractivity contribution in [3.63, 3.8) is 0 Å². The smallest absolute Gasteiger partial charge is 0.0672 e. The Hall–Kier alpha value is -0.590. The minimum atomic E-state index is 0.258. The van der Waals surface area contributed by atoms with Gasteiger partial charge in [-0.3, -0.25) is 0 Å². The van der Waals surface area contributed by atoms with Gasteiger partial charge in [0.2, 0.25) is 0 Å². The van der Waals surface area contributed by atoms with E-state index in [1.54, 1.807) is 0 Å². The Bertz CT molecular complexity index is 268. The first kappa shape index (κ1) is 12.9. The zero-order valence-corrected chi connectivity index (χ0v) is 10.9. The number of hydrogen-bond donors (Lipinski definition) is 0. The number of nitrogens with zero attached hydrogens (tertiary/aromatic N) is 2. The molecule has 3 nitrogen and oxygen atoms in total. The van der Waals surface area contributed by atoms with Crippen molar-refractivity contribution in [1.29, 1.82) is 5.26 Å². The highest BCUT2D eigenvalue weighted by atomic mass is 16.5. The third kappa shape index (κ3) is 3.43. The first-order valence-corrected chi connectivity index (χ1v) is 6.99. The molecule has 2 atom stereocenters. The molecule has 0 bridgehead atoms. The molecule has 2 aliphatic rings. The summed E-state index contributed by atoms with van der Waals surface area (Å²) in [6.07, 6.45) is 7.21. The van der Waals surface area contributed by atoms with Gasteiger partial charge in [0.25, 0.3) is 0 Å². The van der Waals surface area contributed by atoms with E-state index in [4.69, 9.17) is 4.74 Å². The molecular weight excluding hydrogens is 212 g/mol. The second-order valence-electron chi connectivity index (χ2n) is 5.58. The Labute approximate surface area is 105 Å². The van der Waals surface area contributed by atoms with Crippen molar-refractivity contribution in [3.05, 3.63) is 0 Å². The highest BCUT2D eigenvalue weighted by molar-refractivity contribution is 4.95. The van der Waals surface area contributed by atoms with Gasteiger partial charge in [0.15, 0.2) is 0 Å². The first-order chi connectivity index (χ1) is 8.31. The zero-order chi connectivity index (χ0) is 12.1. The van der Waals surface area contributed by atoms with Crippen molar-refractivity contribution >= 4 is 0 Å². The van der Waals surface area contributed by atoms with E-state index in [0.29, 0.717) is 6.04 Å². The number of nitriles is 1. The van der Waals surface area contributed by atoms with E-state index in [0.717, 1.165) is 32.1 Å². The summed E-state index contributed by atoms with van der Waals surface area (Å²) in [5.41, 5.74) is 0. The second kappa shape index (κ2) is 6.37. The molecule has 1 saturated heterocycles. The van der Waals surface area contributed by atoms with Crippen LogP contribution >= 0.6 is 0 Å². The SMILES string of the molecule is CN(CC1CCOCC1)C1CCCCC1C#N. The molecule has 0 spiro atoms. The van der Waals surface area contributed by atoms with Gasteiger partial charge < -0.3 is 9.64 Å². The molecule has 0 N–H and O–H groups in total. The number of ether oxygens (including phenoxy) is 1. The lowest BCUT2D eigenvalue weighted by Gasteiger charge is -2.37. The van der Waals surface area contributed by atoms with Crippen LogP contribution in [0.4, 0.5) is 0 Å². The van der Waals surface area contributed by atoms with E-state index in [1.165, 1.54) is 32.1 Å². The molecule has 0 aromatic carbocycles. The maximum absolute atomic E-state index is 9.22. The van der Waals surface area contributed by atoms with Crippen LogP contribution < -0.4 is 0 Å². The molecule has 17 heavy (non-hydrogen) atoms. The summed E-state index contributed by atoms with van der Waals surface area (Å²) < 4.78 is 5.40. The molecule has 1 aliphatic heterocycles. The van der Waals surface area contributed by atoms with Crippen LogP contribution in [0.25, 0.3) is 0 Å². The maximum atomic E-state index is 9.22. The summed E-state index contributed by atoms with van der Waals surface area (Å²) in [6, 6.07) is 3.00. The third-order valence-electron chi connectivity index (χ3n) is 4.35. The Balaban J connectivity index is 1.84. The summed E-state index contributed by atoms with van der Waals surface area (Å²) >= 11 is 0. The molecule has 1 saturated carbocycles. The lowest BCUT2D eigenvalue weighted by Crippen LogP contribution is -2.42. The van der Waals surface area contributed by atoms with E-state index in [2.05, 4.69) is 18.0 Å². The van der Waals surface area contributed by atoms with Crippen LogP contribution in [-0.4, -0.2) is 37.7 Å². The highest BCUT2D eigenvalue weighted by Gasteiger charge is 2.29. The van der Waals surface area contributed by atoms with Crippen LogP contribution in [0.5, 0.6) is 0 Å². The van der Waals surface area contributed by atoms with Gasteiger partial charge >= 0.3 is 0 Å². The summed E-state index contributed by atoms with van der Waals surface area (Å²) in [4.78, 5) is 2.45. The maximum Gasteiger partial charge on any atom is 0.0672 e. The fourth-order valence-corrected chi connectivity index (χ4v) is 3.26. The highest BCUT2D eigenvalue weighted by Crippen LogP contribution is 2.28. The predicted molar refractivity (Wildman–Crippen MR) is 67.5 cm³/mol. The van der Waals surface area contributed by atoms with E-state index < -0.39 is 0 Å². The van der Waals surface area contributed by atoms with Crippen molar-refractivity contribution in [2.24, 2.45) is 11.8 Å². The Morgan fingerprint density at radius 2 is 1.88 bits per heavy atom. The summed E-state index contributed by atoms with van der Waals surface area (Å²) in [5.74, 6) is 1.03. The van der Waals surface area contributed by atoms with Gasteiger partial charge in [-0.1, -0.05) is 12.8 Å². The van der Waals surface area contributed by atoms with Gasteiger partial charge in [-0.2, -0.15) is 5.26 Å². The van der Waals surface area contributed by atoms with Gasteiger partial charge in [-0.05, 0) is 38.6 Å². The van der Waals surface area contributed by atoms with Crippen molar-refractivity contribution in [2.75, 3.05) is 26.8 Å². The Kier molecular flexibility index (Phi) is 4.82. The van der Waals surface area contributed by atoms with Gasteiger partial charge in [0.1, 0.15) is 0 Å². The lowest BCUT2D eigenvalue weighted by molar-refractivity contribution is 0.0435. The third-order valence-corrected chi connectivity index (χ3v) is 4.35. The van der Waals surface area contributed by atoms with Gasteiger partial charge in [-0.25, -0.2) is 0 Å². The average molecular weight is 236 g/mol. The van der Waals surface area contributed by atoms with E-state index in [1.807, 2.05) is 0 Å². The van der Waals surface area contributed by atoms with Gasteiger partial charge in [-0.15, -0.1) is 0 Å². The predicted octanol–water partition coefficient (Wildman–Crippen LogP) is 2.43. The molecule has 1 aliphatic carbocycles. The van der Waals surface area contributed by atoms with Crippen LogP contribution in [-0.2, 0) is 4.74 Å². The molecule has 0 aromatic heterocycles. The van der Waals surface area contributed by atoms with Crippen molar-refractivity contribution in [1.82, 2.24) is 4.90 Å². The van der Waals surface area contributed by atoms with Crippen LogP contribution in [0.2, 0.25) is 0 Å². The molecule has 0 amide bonds. The Morgan fingerprint density at radius 3 is 2.59 bits per heavy atom. The largest absolute Gasteiger partial charge is 0.381 e. The molecule has 0 aromatic rings. The molecule has 2 fully saturated rings. The zero-order valence-electron chi connectivity index (χ0n) is 10.9. The Morgan fingerprint density at radius 1 is 1.18 bits per heavy atom. The van der Waals surface area contributed by atoms with E-state index in [9.17, 15) is 5.26 Å². The van der Waals surface area contributed by atoms with Gasteiger partial charge in [0, 0.05) is 25.8 Å². The van der Waals surface area contributed by atoms with Gasteiger partial charge in [0.05, 0.1) is 12.0 Å². The summed E-state index contributed by atoms with van der Waals surface area (Å²) in [5, 5.41) is 9.22. The topological polar surface area (TPSA) is 36.3 Å². The van der Waals surface area contributed by atoms with Crippen LogP contribution in [0.3, 0.4) is 0 Å². The molecule has 2 unspecified atom stereocenters. The van der Waals surface area contributed by atoms with E-state index in [-0.39, 0.29) is 5.92 Å². The molecular formula is C14H24N2O. The minimum absolute atomic E-state index is 0.258. The lowest BCUT2D eigenvalue weighted by atomic mass is 9.84. The van der Waals surface area contributed by atoms with E-state index >= 15 is 0 Å². The standard InChI is InChI=1S/C14H24N2O/c1-16(11-12-6-8-17-9-7-12)14-5-3-2-4-13(14)10-15/h12-14H,2-9,11H2,1H3. The fourth-order valence-electron chi connectivity index (χ4n) is 3.26. The molecule has 96 valence electrons. The summed E-state index contributed by atoms with van der Waals surface area (Å²) in [6.45, 7) is 2.99. The average Bonchev–Trinajstić information content (AvgIpc) is 2.40. The van der Waals surface area contributed by atoms with Crippen molar-refractivity contribution in [2.45, 2.75) is 44.6 Å². The van der Waals surface area contributed by atoms with Crippen molar-refractivity contribution in [3.8, 4) is 6.07 Å².